The van der Waals surface area contributed by atoms with Gasteiger partial charge in [-0.2, -0.15) is 0 Å². The van der Waals surface area contributed by atoms with Crippen molar-refractivity contribution in [2.45, 2.75) is 13.8 Å². The van der Waals surface area contributed by atoms with Crippen LogP contribution in [0, 0.1) is 0 Å². The predicted molar refractivity (Wildman–Crippen MR) is 94.8 cm³/mol. The lowest BCUT2D eigenvalue weighted by atomic mass is 10.0. The third kappa shape index (κ3) is 4.03. The van der Waals surface area contributed by atoms with Gasteiger partial charge >= 0.3 is 0 Å². The molecular formula is C18H23O4P. The van der Waals surface area contributed by atoms with Crippen molar-refractivity contribution in [3.8, 4) is 22.6 Å². The van der Waals surface area contributed by atoms with Crippen molar-refractivity contribution >= 4 is 13.7 Å². The summed E-state index contributed by atoms with van der Waals surface area (Å²) in [4.78, 5) is 0. The zero-order valence-electron chi connectivity index (χ0n) is 14.0. The predicted octanol–water partition coefficient (Wildman–Crippen LogP) is 4.38. The Labute approximate surface area is 139 Å². The van der Waals surface area contributed by atoms with Crippen LogP contribution in [0.15, 0.2) is 42.5 Å². The van der Waals surface area contributed by atoms with Crippen LogP contribution < -0.4 is 14.8 Å². The summed E-state index contributed by atoms with van der Waals surface area (Å²) in [6, 6.07) is 13.8. The van der Waals surface area contributed by atoms with Crippen molar-refractivity contribution in [2.24, 2.45) is 0 Å². The Balaban J connectivity index is 2.61. The van der Waals surface area contributed by atoms with E-state index in [2.05, 4.69) is 0 Å². The number of benzene rings is 2. The third-order valence-electron chi connectivity index (χ3n) is 3.29. The number of hydrogen-bond acceptors (Lipinski definition) is 4. The fraction of sp³-hybridized carbons (Fsp3) is 0.333. The van der Waals surface area contributed by atoms with Crippen LogP contribution in [0.1, 0.15) is 13.8 Å². The molecule has 0 aliphatic rings. The quantitative estimate of drug-likeness (QED) is 0.671. The molecule has 2 rings (SSSR count). The van der Waals surface area contributed by atoms with Gasteiger partial charge in [-0.25, -0.2) is 0 Å². The van der Waals surface area contributed by atoms with E-state index in [1.807, 2.05) is 56.3 Å². The normalized spacial score (nSPS) is 10.8. The van der Waals surface area contributed by atoms with E-state index in [-0.39, 0.29) is 0 Å². The van der Waals surface area contributed by atoms with Gasteiger partial charge in [0, 0.05) is 10.9 Å². The van der Waals surface area contributed by atoms with E-state index >= 15 is 0 Å². The number of methoxy groups -OCH3 is 2. The molecule has 0 radical (unpaired) electrons. The van der Waals surface area contributed by atoms with Crippen LogP contribution >= 0.6 is 8.38 Å². The second-order valence-electron chi connectivity index (χ2n) is 4.65. The van der Waals surface area contributed by atoms with Crippen LogP contribution in [0.4, 0.5) is 0 Å². The van der Waals surface area contributed by atoms with E-state index in [0.717, 1.165) is 27.9 Å². The molecule has 0 aromatic heterocycles. The highest BCUT2D eigenvalue weighted by atomic mass is 31.2. The summed E-state index contributed by atoms with van der Waals surface area (Å²) in [6.45, 7) is 5.15. The van der Waals surface area contributed by atoms with Crippen LogP contribution in [-0.2, 0) is 9.05 Å². The Morgan fingerprint density at radius 3 is 1.87 bits per heavy atom. The van der Waals surface area contributed by atoms with Gasteiger partial charge in [0.05, 0.1) is 33.0 Å². The number of rotatable bonds is 8. The standard InChI is InChI=1S/C18H23O4P/c1-5-21-23(22-6-2)17-13-8-7-10-14(17)18-15(19-3)11-9-12-16(18)20-4/h7-13H,5-6H2,1-4H3. The highest BCUT2D eigenvalue weighted by Gasteiger charge is 2.22. The maximum Gasteiger partial charge on any atom is 0.205 e. The van der Waals surface area contributed by atoms with Gasteiger partial charge < -0.3 is 18.5 Å². The first kappa shape index (κ1) is 17.7. The van der Waals surface area contributed by atoms with Crippen LogP contribution in [0.5, 0.6) is 11.5 Å². The maximum absolute atomic E-state index is 5.84. The van der Waals surface area contributed by atoms with Gasteiger partial charge in [0.25, 0.3) is 0 Å². The summed E-state index contributed by atoms with van der Waals surface area (Å²) >= 11 is 0. The Bertz CT molecular complexity index is 602. The van der Waals surface area contributed by atoms with Gasteiger partial charge in [0.2, 0.25) is 8.38 Å². The molecule has 2 aromatic rings. The minimum atomic E-state index is -1.15. The lowest BCUT2D eigenvalue weighted by molar-refractivity contribution is 0.277. The molecule has 0 bridgehead atoms. The summed E-state index contributed by atoms with van der Waals surface area (Å²) in [5.41, 5.74) is 1.93. The largest absolute Gasteiger partial charge is 0.496 e. The monoisotopic (exact) mass is 334 g/mol. The maximum atomic E-state index is 5.84. The van der Waals surface area contributed by atoms with E-state index in [0.29, 0.717) is 13.2 Å². The fourth-order valence-electron chi connectivity index (χ4n) is 2.37. The van der Waals surface area contributed by atoms with Gasteiger partial charge in [-0.05, 0) is 32.0 Å². The summed E-state index contributed by atoms with van der Waals surface area (Å²) in [6.07, 6.45) is 0. The molecule has 0 aliphatic heterocycles. The van der Waals surface area contributed by atoms with Gasteiger partial charge in [-0.3, -0.25) is 0 Å². The van der Waals surface area contributed by atoms with Crippen molar-refractivity contribution in [3.63, 3.8) is 0 Å². The summed E-state index contributed by atoms with van der Waals surface area (Å²) in [5.74, 6) is 1.53. The highest BCUT2D eigenvalue weighted by molar-refractivity contribution is 7.56. The van der Waals surface area contributed by atoms with E-state index in [1.165, 1.54) is 0 Å². The van der Waals surface area contributed by atoms with E-state index in [1.54, 1.807) is 14.2 Å². The van der Waals surface area contributed by atoms with Crippen LogP contribution in [0.2, 0.25) is 0 Å². The Kier molecular flexibility index (Phi) is 6.85. The molecular weight excluding hydrogens is 311 g/mol. The van der Waals surface area contributed by atoms with E-state index < -0.39 is 8.38 Å². The molecule has 0 amide bonds. The fourth-order valence-corrected chi connectivity index (χ4v) is 3.78. The molecule has 124 valence electrons. The van der Waals surface area contributed by atoms with Crippen LogP contribution in [0.25, 0.3) is 11.1 Å². The first-order valence-electron chi connectivity index (χ1n) is 7.63. The Morgan fingerprint density at radius 2 is 1.35 bits per heavy atom. The Hall–Kier alpha value is -1.61. The van der Waals surface area contributed by atoms with Crippen molar-refractivity contribution in [1.29, 1.82) is 0 Å². The minimum Gasteiger partial charge on any atom is -0.496 e. The van der Waals surface area contributed by atoms with Crippen molar-refractivity contribution in [2.75, 3.05) is 27.4 Å². The molecule has 0 heterocycles. The summed E-state index contributed by atoms with van der Waals surface area (Å²) in [7, 11) is 2.18. The molecule has 4 nitrogen and oxygen atoms in total. The topological polar surface area (TPSA) is 36.9 Å². The average Bonchev–Trinajstić information content (AvgIpc) is 2.60. The SMILES string of the molecule is CCOP(OCC)c1ccccc1-c1c(OC)cccc1OC. The second kappa shape index (κ2) is 8.88. The number of hydrogen-bond donors (Lipinski definition) is 0. The molecule has 23 heavy (non-hydrogen) atoms. The summed E-state index contributed by atoms with van der Waals surface area (Å²) in [5, 5.41) is 1.02. The zero-order valence-corrected chi connectivity index (χ0v) is 14.9. The molecule has 0 fully saturated rings. The number of ether oxygens (including phenoxy) is 2. The van der Waals surface area contributed by atoms with Crippen LogP contribution in [-0.4, -0.2) is 27.4 Å². The van der Waals surface area contributed by atoms with Crippen molar-refractivity contribution in [3.05, 3.63) is 42.5 Å². The Morgan fingerprint density at radius 1 is 0.783 bits per heavy atom. The van der Waals surface area contributed by atoms with E-state index in [9.17, 15) is 0 Å². The van der Waals surface area contributed by atoms with Gasteiger partial charge in [0.1, 0.15) is 11.5 Å². The van der Waals surface area contributed by atoms with E-state index in [4.69, 9.17) is 18.5 Å². The molecule has 0 saturated carbocycles. The molecule has 0 N–H and O–H groups in total. The smallest absolute Gasteiger partial charge is 0.205 e. The molecule has 0 unspecified atom stereocenters. The van der Waals surface area contributed by atoms with Crippen LogP contribution in [0.3, 0.4) is 0 Å². The molecule has 5 heteroatoms. The molecule has 0 spiro atoms. The molecule has 0 aliphatic carbocycles. The first-order chi connectivity index (χ1) is 11.3. The average molecular weight is 334 g/mol. The second-order valence-corrected chi connectivity index (χ2v) is 6.16. The van der Waals surface area contributed by atoms with Crippen molar-refractivity contribution < 1.29 is 18.5 Å². The summed E-state index contributed by atoms with van der Waals surface area (Å²) < 4.78 is 22.8. The van der Waals surface area contributed by atoms with Crippen molar-refractivity contribution in [1.82, 2.24) is 0 Å². The third-order valence-corrected chi connectivity index (χ3v) is 5.06. The van der Waals surface area contributed by atoms with Gasteiger partial charge in [0.15, 0.2) is 0 Å². The molecule has 2 aromatic carbocycles. The molecule has 0 atom stereocenters. The zero-order chi connectivity index (χ0) is 16.7. The lowest BCUT2D eigenvalue weighted by Gasteiger charge is -2.21. The minimum absolute atomic E-state index is 0.600. The first-order valence-corrected chi connectivity index (χ1v) is 8.80. The molecule has 0 saturated heterocycles. The highest BCUT2D eigenvalue weighted by Crippen LogP contribution is 2.44. The van der Waals surface area contributed by atoms with Gasteiger partial charge in [-0.15, -0.1) is 0 Å². The van der Waals surface area contributed by atoms with Gasteiger partial charge in [-0.1, -0.05) is 24.3 Å². The lowest BCUT2D eigenvalue weighted by Crippen LogP contribution is -2.10.